The van der Waals surface area contributed by atoms with Gasteiger partial charge in [-0.25, -0.2) is 0 Å². The predicted octanol–water partition coefficient (Wildman–Crippen LogP) is 2.93. The highest BCUT2D eigenvalue weighted by Gasteiger charge is 2.07. The summed E-state index contributed by atoms with van der Waals surface area (Å²) in [6, 6.07) is 17.1. The Bertz CT molecular complexity index is 603. The van der Waals surface area contributed by atoms with Gasteiger partial charge in [-0.15, -0.1) is 0 Å². The zero-order valence-corrected chi connectivity index (χ0v) is 12.1. The van der Waals surface area contributed by atoms with Gasteiger partial charge in [0.05, 0.1) is 6.54 Å². The van der Waals surface area contributed by atoms with Gasteiger partial charge in [-0.05, 0) is 18.9 Å². The number of nitrogens with one attached hydrogen (secondary N) is 1. The van der Waals surface area contributed by atoms with E-state index in [1.54, 1.807) is 12.1 Å². The van der Waals surface area contributed by atoms with Crippen molar-refractivity contribution in [3.8, 4) is 0 Å². The Morgan fingerprint density at radius 2 is 1.62 bits per heavy atom. The van der Waals surface area contributed by atoms with Crippen molar-refractivity contribution in [3.05, 3.63) is 71.3 Å². The number of ketones is 1. The van der Waals surface area contributed by atoms with Crippen LogP contribution >= 0.6 is 0 Å². The molecule has 108 valence electrons. The van der Waals surface area contributed by atoms with E-state index in [0.717, 1.165) is 5.56 Å². The van der Waals surface area contributed by atoms with E-state index < -0.39 is 0 Å². The molecule has 0 spiro atoms. The van der Waals surface area contributed by atoms with E-state index >= 15 is 0 Å². The maximum atomic E-state index is 11.8. The Balaban J connectivity index is 1.75. The van der Waals surface area contributed by atoms with Crippen molar-refractivity contribution >= 4 is 11.7 Å². The topological polar surface area (TPSA) is 46.2 Å². The van der Waals surface area contributed by atoms with E-state index in [9.17, 15) is 9.59 Å². The van der Waals surface area contributed by atoms with Crippen LogP contribution in [0.25, 0.3) is 0 Å². The highest BCUT2D eigenvalue weighted by Crippen LogP contribution is 2.05. The molecule has 2 aromatic rings. The Hall–Kier alpha value is -2.42. The fraction of sp³-hybridized carbons (Fsp3) is 0.222. The zero-order valence-electron chi connectivity index (χ0n) is 12.1. The molecule has 2 rings (SSSR count). The molecule has 3 heteroatoms. The molecule has 0 saturated heterocycles. The Morgan fingerprint density at radius 1 is 0.952 bits per heavy atom. The number of carbonyl (C=O) groups excluding carboxylic acids is 2. The van der Waals surface area contributed by atoms with E-state index in [-0.39, 0.29) is 18.2 Å². The lowest BCUT2D eigenvalue weighted by Crippen LogP contribution is -2.29. The fourth-order valence-corrected chi connectivity index (χ4v) is 2.01. The van der Waals surface area contributed by atoms with Gasteiger partial charge >= 0.3 is 0 Å². The van der Waals surface area contributed by atoms with E-state index in [2.05, 4.69) is 5.32 Å². The predicted molar refractivity (Wildman–Crippen MR) is 83.3 cm³/mol. The number of Topliss-reactive ketones (excluding diaryl/α,β-unsaturated/α-hetero) is 1. The van der Waals surface area contributed by atoms with Crippen molar-refractivity contribution in [2.45, 2.75) is 19.8 Å². The van der Waals surface area contributed by atoms with Gasteiger partial charge in [-0.3, -0.25) is 9.59 Å². The summed E-state index contributed by atoms with van der Waals surface area (Å²) in [6.45, 7) is 2.09. The second-order valence-electron chi connectivity index (χ2n) is 5.05. The summed E-state index contributed by atoms with van der Waals surface area (Å²) < 4.78 is 0. The molecule has 0 aliphatic rings. The summed E-state index contributed by atoms with van der Waals surface area (Å²) in [6.07, 6.45) is 1.08. The number of rotatable bonds is 6. The van der Waals surface area contributed by atoms with Crippen molar-refractivity contribution in [2.24, 2.45) is 0 Å². The number of benzene rings is 2. The number of hydrogen-bond donors (Lipinski definition) is 1. The SMILES string of the molecule is Cc1ccc(CCC(=O)NCC(=O)c2ccccc2)cc1. The second kappa shape index (κ2) is 7.39. The first-order valence-corrected chi connectivity index (χ1v) is 7.05. The molecule has 2 aromatic carbocycles. The first-order valence-electron chi connectivity index (χ1n) is 7.05. The fourth-order valence-electron chi connectivity index (χ4n) is 2.01. The van der Waals surface area contributed by atoms with E-state index in [4.69, 9.17) is 0 Å². The summed E-state index contributed by atoms with van der Waals surface area (Å²) in [4.78, 5) is 23.6. The quantitative estimate of drug-likeness (QED) is 0.827. The van der Waals surface area contributed by atoms with Crippen molar-refractivity contribution in [1.82, 2.24) is 5.32 Å². The van der Waals surface area contributed by atoms with Crippen LogP contribution < -0.4 is 5.32 Å². The highest BCUT2D eigenvalue weighted by atomic mass is 16.2. The Kier molecular flexibility index (Phi) is 5.27. The molecular formula is C18H19NO2. The molecule has 0 saturated carbocycles. The van der Waals surface area contributed by atoms with Crippen LogP contribution in [0.1, 0.15) is 27.9 Å². The third-order valence-electron chi connectivity index (χ3n) is 3.30. The minimum Gasteiger partial charge on any atom is -0.349 e. The minimum absolute atomic E-state index is 0.0523. The zero-order chi connectivity index (χ0) is 15.1. The normalized spacial score (nSPS) is 10.1. The number of carbonyl (C=O) groups is 2. The lowest BCUT2D eigenvalue weighted by atomic mass is 10.1. The number of amides is 1. The molecule has 0 heterocycles. The monoisotopic (exact) mass is 281 g/mol. The van der Waals surface area contributed by atoms with Crippen molar-refractivity contribution < 1.29 is 9.59 Å². The molecule has 0 radical (unpaired) electrons. The summed E-state index contributed by atoms with van der Waals surface area (Å²) in [5.41, 5.74) is 2.96. The van der Waals surface area contributed by atoms with Crippen molar-refractivity contribution in [2.75, 3.05) is 6.54 Å². The molecule has 0 unspecified atom stereocenters. The Morgan fingerprint density at radius 3 is 2.29 bits per heavy atom. The molecule has 0 fully saturated rings. The molecule has 0 aromatic heterocycles. The van der Waals surface area contributed by atoms with Crippen LogP contribution in [-0.2, 0) is 11.2 Å². The van der Waals surface area contributed by atoms with Crippen molar-refractivity contribution in [1.29, 1.82) is 0 Å². The van der Waals surface area contributed by atoms with Crippen LogP contribution in [0.2, 0.25) is 0 Å². The average molecular weight is 281 g/mol. The van der Waals surface area contributed by atoms with Gasteiger partial charge in [0.2, 0.25) is 5.91 Å². The van der Waals surface area contributed by atoms with Crippen LogP contribution in [0.5, 0.6) is 0 Å². The van der Waals surface area contributed by atoms with Gasteiger partial charge in [0.15, 0.2) is 5.78 Å². The maximum absolute atomic E-state index is 11.8. The molecular weight excluding hydrogens is 262 g/mol. The van der Waals surface area contributed by atoms with E-state index in [1.807, 2.05) is 49.4 Å². The molecule has 3 nitrogen and oxygen atoms in total. The molecule has 0 atom stereocenters. The largest absolute Gasteiger partial charge is 0.349 e. The molecule has 0 bridgehead atoms. The van der Waals surface area contributed by atoms with Gasteiger partial charge in [-0.2, -0.15) is 0 Å². The molecule has 0 aliphatic carbocycles. The van der Waals surface area contributed by atoms with Crippen LogP contribution in [0.15, 0.2) is 54.6 Å². The molecule has 1 N–H and O–H groups in total. The van der Waals surface area contributed by atoms with Crippen LogP contribution in [-0.4, -0.2) is 18.2 Å². The Labute approximate surface area is 125 Å². The maximum Gasteiger partial charge on any atom is 0.220 e. The van der Waals surface area contributed by atoms with Crippen LogP contribution in [0.4, 0.5) is 0 Å². The van der Waals surface area contributed by atoms with Gasteiger partial charge in [0.25, 0.3) is 0 Å². The summed E-state index contributed by atoms with van der Waals surface area (Å²) in [5, 5.41) is 2.67. The number of aryl methyl sites for hydroxylation is 2. The second-order valence-corrected chi connectivity index (χ2v) is 5.05. The molecule has 21 heavy (non-hydrogen) atoms. The standard InChI is InChI=1S/C18H19NO2/c1-14-7-9-15(10-8-14)11-12-18(21)19-13-17(20)16-5-3-2-4-6-16/h2-10H,11-13H2,1H3,(H,19,21). The van der Waals surface area contributed by atoms with Gasteiger partial charge in [-0.1, -0.05) is 60.2 Å². The van der Waals surface area contributed by atoms with Gasteiger partial charge in [0.1, 0.15) is 0 Å². The lowest BCUT2D eigenvalue weighted by Gasteiger charge is -2.05. The van der Waals surface area contributed by atoms with Gasteiger partial charge in [0, 0.05) is 12.0 Å². The van der Waals surface area contributed by atoms with Crippen LogP contribution in [0.3, 0.4) is 0 Å². The summed E-state index contributed by atoms with van der Waals surface area (Å²) in [5.74, 6) is -0.167. The van der Waals surface area contributed by atoms with Crippen LogP contribution in [0, 0.1) is 6.92 Å². The summed E-state index contributed by atoms with van der Waals surface area (Å²) in [7, 11) is 0. The minimum atomic E-state index is -0.0974. The smallest absolute Gasteiger partial charge is 0.220 e. The first kappa shape index (κ1) is 15.0. The average Bonchev–Trinajstić information content (AvgIpc) is 2.53. The van der Waals surface area contributed by atoms with E-state index in [0.29, 0.717) is 18.4 Å². The van der Waals surface area contributed by atoms with Gasteiger partial charge < -0.3 is 5.32 Å². The molecule has 0 aliphatic heterocycles. The summed E-state index contributed by atoms with van der Waals surface area (Å²) >= 11 is 0. The van der Waals surface area contributed by atoms with Crippen molar-refractivity contribution in [3.63, 3.8) is 0 Å². The lowest BCUT2D eigenvalue weighted by molar-refractivity contribution is -0.120. The third-order valence-corrected chi connectivity index (χ3v) is 3.30. The van der Waals surface area contributed by atoms with E-state index in [1.165, 1.54) is 5.56 Å². The first-order chi connectivity index (χ1) is 10.1. The molecule has 1 amide bonds. The highest BCUT2D eigenvalue weighted by molar-refractivity contribution is 5.99. The number of hydrogen-bond acceptors (Lipinski definition) is 2. The third kappa shape index (κ3) is 4.88.